The van der Waals surface area contributed by atoms with Crippen molar-refractivity contribution in [2.24, 2.45) is 11.8 Å². The van der Waals surface area contributed by atoms with Crippen molar-refractivity contribution in [1.82, 2.24) is 0 Å². The van der Waals surface area contributed by atoms with E-state index in [0.29, 0.717) is 11.4 Å². The van der Waals surface area contributed by atoms with Gasteiger partial charge in [0.15, 0.2) is 0 Å². The number of rotatable bonds is 5. The summed E-state index contributed by atoms with van der Waals surface area (Å²) in [5, 5.41) is 9.59. The van der Waals surface area contributed by atoms with Gasteiger partial charge in [-0.25, -0.2) is 0 Å². The third kappa shape index (κ3) is 3.63. The Hall–Kier alpha value is -1.22. The van der Waals surface area contributed by atoms with E-state index in [0.717, 1.165) is 11.3 Å². The number of ether oxygens (including phenoxy) is 1. The fraction of sp³-hybridized carbons (Fsp3) is 0.462. The average Bonchev–Trinajstić information content (AvgIpc) is 2.28. The Labute approximate surface area is 106 Å². The lowest BCUT2D eigenvalue weighted by molar-refractivity contribution is -0.142. The zero-order valence-electron chi connectivity index (χ0n) is 10.2. The molecule has 0 heterocycles. The molecule has 17 heavy (non-hydrogen) atoms. The van der Waals surface area contributed by atoms with Gasteiger partial charge in [0, 0.05) is 5.02 Å². The van der Waals surface area contributed by atoms with Crippen LogP contribution in [-0.4, -0.2) is 18.2 Å². The van der Waals surface area contributed by atoms with Crippen LogP contribution in [0.25, 0.3) is 0 Å². The summed E-state index contributed by atoms with van der Waals surface area (Å²) in [6.07, 6.45) is 0.636. The number of carboxylic acids is 1. The van der Waals surface area contributed by atoms with Crippen LogP contribution in [0.5, 0.6) is 5.75 Å². The summed E-state index contributed by atoms with van der Waals surface area (Å²) < 4.78 is 5.24. The van der Waals surface area contributed by atoms with Gasteiger partial charge in [-0.1, -0.05) is 25.4 Å². The fourth-order valence-corrected chi connectivity index (χ4v) is 1.87. The lowest BCUT2D eigenvalue weighted by atomic mass is 9.89. The first-order chi connectivity index (χ1) is 7.95. The molecule has 1 aromatic carbocycles. The average molecular weight is 257 g/mol. The van der Waals surface area contributed by atoms with Gasteiger partial charge in [-0.05, 0) is 36.1 Å². The molecule has 0 aliphatic rings. The summed E-state index contributed by atoms with van der Waals surface area (Å²) in [5.41, 5.74) is 0.945. The second kappa shape index (κ2) is 5.92. The van der Waals surface area contributed by atoms with Crippen LogP contribution in [0.15, 0.2) is 18.2 Å². The van der Waals surface area contributed by atoms with E-state index in [4.69, 9.17) is 21.4 Å². The normalized spacial score (nSPS) is 14.1. The van der Waals surface area contributed by atoms with Gasteiger partial charge in [0.2, 0.25) is 0 Å². The Balaban J connectivity index is 2.86. The molecule has 0 radical (unpaired) electrons. The molecule has 2 atom stereocenters. The molecule has 0 amide bonds. The Morgan fingerprint density at radius 1 is 1.47 bits per heavy atom. The number of methoxy groups -OCH3 is 1. The summed E-state index contributed by atoms with van der Waals surface area (Å²) in [7, 11) is 1.60. The number of hydrogen-bond donors (Lipinski definition) is 1. The highest BCUT2D eigenvalue weighted by atomic mass is 35.5. The third-order valence-corrected chi connectivity index (χ3v) is 3.26. The first kappa shape index (κ1) is 13.8. The first-order valence-corrected chi connectivity index (χ1v) is 5.88. The van der Waals surface area contributed by atoms with Gasteiger partial charge >= 0.3 is 5.97 Å². The van der Waals surface area contributed by atoms with Crippen molar-refractivity contribution in [3.63, 3.8) is 0 Å². The lowest BCUT2D eigenvalue weighted by Crippen LogP contribution is -2.20. The molecule has 3 nitrogen and oxygen atoms in total. The molecule has 4 heteroatoms. The van der Waals surface area contributed by atoms with E-state index in [9.17, 15) is 4.79 Å². The molecule has 94 valence electrons. The summed E-state index contributed by atoms with van der Waals surface area (Å²) in [4.78, 5) is 10.9. The van der Waals surface area contributed by atoms with Gasteiger partial charge in [0.1, 0.15) is 5.75 Å². The van der Waals surface area contributed by atoms with Crippen LogP contribution >= 0.6 is 11.6 Å². The Bertz CT molecular complexity index is 404. The molecule has 0 aliphatic carbocycles. The minimum absolute atomic E-state index is 0.0277. The Morgan fingerprint density at radius 3 is 2.65 bits per heavy atom. The van der Waals surface area contributed by atoms with Gasteiger partial charge in [-0.15, -0.1) is 0 Å². The van der Waals surface area contributed by atoms with Crippen LogP contribution in [-0.2, 0) is 11.2 Å². The second-order valence-electron chi connectivity index (χ2n) is 4.26. The predicted octanol–water partition coefficient (Wildman–Crippen LogP) is 3.25. The number of halogens is 1. The van der Waals surface area contributed by atoms with Crippen molar-refractivity contribution in [2.75, 3.05) is 7.11 Å². The van der Waals surface area contributed by atoms with E-state index in [1.54, 1.807) is 26.2 Å². The summed E-state index contributed by atoms with van der Waals surface area (Å²) >= 11 is 5.93. The fourth-order valence-electron chi connectivity index (χ4n) is 1.67. The van der Waals surface area contributed by atoms with Crippen molar-refractivity contribution < 1.29 is 14.6 Å². The molecule has 0 aromatic heterocycles. The van der Waals surface area contributed by atoms with Crippen LogP contribution in [0.1, 0.15) is 19.4 Å². The van der Waals surface area contributed by atoms with Crippen molar-refractivity contribution in [3.8, 4) is 5.75 Å². The maximum atomic E-state index is 10.9. The molecular weight excluding hydrogens is 240 g/mol. The second-order valence-corrected chi connectivity index (χ2v) is 4.70. The van der Waals surface area contributed by atoms with Gasteiger partial charge in [0.05, 0.1) is 13.0 Å². The van der Waals surface area contributed by atoms with E-state index in [1.807, 2.05) is 13.0 Å². The molecule has 1 aromatic rings. The number of benzene rings is 1. The molecule has 0 saturated heterocycles. The first-order valence-electron chi connectivity index (χ1n) is 5.51. The molecular formula is C13H17ClO3. The Morgan fingerprint density at radius 2 is 2.12 bits per heavy atom. The summed E-state index contributed by atoms with van der Waals surface area (Å²) in [6, 6.07) is 5.39. The monoisotopic (exact) mass is 256 g/mol. The van der Waals surface area contributed by atoms with E-state index in [2.05, 4.69) is 0 Å². The molecule has 0 saturated carbocycles. The number of carboxylic acid groups (broad SMARTS) is 1. The van der Waals surface area contributed by atoms with Crippen molar-refractivity contribution in [2.45, 2.75) is 20.3 Å². The highest BCUT2D eigenvalue weighted by Crippen LogP contribution is 2.27. The van der Waals surface area contributed by atoms with Gasteiger partial charge in [0.25, 0.3) is 0 Å². The standard InChI is InChI=1S/C13H17ClO3/c1-8(9(2)13(15)16)6-10-7-11(14)4-5-12(10)17-3/h4-5,7-9H,6H2,1-3H3,(H,15,16). The smallest absolute Gasteiger partial charge is 0.306 e. The van der Waals surface area contributed by atoms with Crippen LogP contribution in [0.2, 0.25) is 5.02 Å². The topological polar surface area (TPSA) is 46.5 Å². The maximum Gasteiger partial charge on any atom is 0.306 e. The van der Waals surface area contributed by atoms with Crippen LogP contribution in [0, 0.1) is 11.8 Å². The Kier molecular flexibility index (Phi) is 4.82. The molecule has 2 unspecified atom stereocenters. The van der Waals surface area contributed by atoms with Crippen molar-refractivity contribution in [3.05, 3.63) is 28.8 Å². The zero-order valence-corrected chi connectivity index (χ0v) is 11.0. The molecule has 0 fully saturated rings. The van der Waals surface area contributed by atoms with Crippen LogP contribution in [0.4, 0.5) is 0 Å². The maximum absolute atomic E-state index is 10.9. The van der Waals surface area contributed by atoms with E-state index in [-0.39, 0.29) is 5.92 Å². The largest absolute Gasteiger partial charge is 0.496 e. The highest BCUT2D eigenvalue weighted by molar-refractivity contribution is 6.30. The SMILES string of the molecule is COc1ccc(Cl)cc1CC(C)C(C)C(=O)O. The summed E-state index contributed by atoms with van der Waals surface area (Å²) in [6.45, 7) is 3.63. The summed E-state index contributed by atoms with van der Waals surface area (Å²) in [5.74, 6) is -0.393. The molecule has 1 N–H and O–H groups in total. The quantitative estimate of drug-likeness (QED) is 0.880. The van der Waals surface area contributed by atoms with Gasteiger partial charge < -0.3 is 9.84 Å². The zero-order chi connectivity index (χ0) is 13.0. The van der Waals surface area contributed by atoms with E-state index >= 15 is 0 Å². The predicted molar refractivity (Wildman–Crippen MR) is 67.7 cm³/mol. The van der Waals surface area contributed by atoms with E-state index in [1.165, 1.54) is 0 Å². The molecule has 0 spiro atoms. The van der Waals surface area contributed by atoms with Crippen LogP contribution < -0.4 is 4.74 Å². The lowest BCUT2D eigenvalue weighted by Gasteiger charge is -2.17. The molecule has 0 bridgehead atoms. The van der Waals surface area contributed by atoms with Gasteiger partial charge in [-0.2, -0.15) is 0 Å². The minimum atomic E-state index is -0.779. The molecule has 1 rings (SSSR count). The van der Waals surface area contributed by atoms with E-state index < -0.39 is 11.9 Å². The van der Waals surface area contributed by atoms with Crippen LogP contribution in [0.3, 0.4) is 0 Å². The number of carbonyl (C=O) groups is 1. The highest BCUT2D eigenvalue weighted by Gasteiger charge is 2.20. The number of hydrogen-bond acceptors (Lipinski definition) is 2. The third-order valence-electron chi connectivity index (χ3n) is 3.03. The van der Waals surface area contributed by atoms with Crippen molar-refractivity contribution >= 4 is 17.6 Å². The molecule has 0 aliphatic heterocycles. The van der Waals surface area contributed by atoms with Crippen molar-refractivity contribution in [1.29, 1.82) is 0 Å². The van der Waals surface area contributed by atoms with Gasteiger partial charge in [-0.3, -0.25) is 4.79 Å². The minimum Gasteiger partial charge on any atom is -0.496 e. The number of aliphatic carboxylic acids is 1.